The van der Waals surface area contributed by atoms with E-state index >= 15 is 0 Å². The first kappa shape index (κ1) is 13.0. The van der Waals surface area contributed by atoms with Crippen molar-refractivity contribution in [2.45, 2.75) is 18.5 Å². The van der Waals surface area contributed by atoms with Crippen molar-refractivity contribution in [2.24, 2.45) is 0 Å². The molecule has 0 radical (unpaired) electrons. The van der Waals surface area contributed by atoms with Crippen molar-refractivity contribution in [3.8, 4) is 0 Å². The van der Waals surface area contributed by atoms with Gasteiger partial charge in [0.15, 0.2) is 0 Å². The first-order valence-corrected chi connectivity index (χ1v) is 7.20. The van der Waals surface area contributed by atoms with Gasteiger partial charge in [0, 0.05) is 17.5 Å². The van der Waals surface area contributed by atoms with Crippen LogP contribution in [-0.2, 0) is 0 Å². The standard InChI is InChI=1S/C13H23N3S/c1-14-13(12-6-4-9-17-12)11-10-15(2)7-5-8-16(11)3/h4,6,9,11,13-14H,5,7-8,10H2,1-3H3. The molecule has 0 spiro atoms. The fourth-order valence-corrected chi connectivity index (χ4v) is 3.55. The van der Waals surface area contributed by atoms with Crippen LogP contribution in [-0.4, -0.2) is 56.6 Å². The minimum atomic E-state index is 0.445. The maximum absolute atomic E-state index is 3.50. The highest BCUT2D eigenvalue weighted by molar-refractivity contribution is 7.10. The highest BCUT2D eigenvalue weighted by Gasteiger charge is 2.28. The molecule has 96 valence electrons. The lowest BCUT2D eigenvalue weighted by atomic mass is 10.1. The van der Waals surface area contributed by atoms with Crippen molar-refractivity contribution in [3.05, 3.63) is 22.4 Å². The second kappa shape index (κ2) is 5.96. The minimum Gasteiger partial charge on any atom is -0.311 e. The summed E-state index contributed by atoms with van der Waals surface area (Å²) in [7, 11) is 6.55. The fraction of sp³-hybridized carbons (Fsp3) is 0.692. The summed E-state index contributed by atoms with van der Waals surface area (Å²) in [5, 5.41) is 5.66. The Morgan fingerprint density at radius 2 is 2.24 bits per heavy atom. The number of thiophene rings is 1. The molecule has 2 rings (SSSR count). The normalized spacial score (nSPS) is 25.7. The van der Waals surface area contributed by atoms with Crippen LogP contribution in [0, 0.1) is 0 Å². The molecule has 2 atom stereocenters. The van der Waals surface area contributed by atoms with Gasteiger partial charge in [0.1, 0.15) is 0 Å². The molecular weight excluding hydrogens is 230 g/mol. The lowest BCUT2D eigenvalue weighted by Crippen LogP contribution is -2.45. The Bertz CT molecular complexity index is 325. The number of hydrogen-bond acceptors (Lipinski definition) is 4. The number of nitrogens with one attached hydrogen (secondary N) is 1. The molecule has 1 aliphatic rings. The van der Waals surface area contributed by atoms with Gasteiger partial charge in [-0.1, -0.05) is 6.07 Å². The Hall–Kier alpha value is -0.420. The van der Waals surface area contributed by atoms with E-state index in [0.29, 0.717) is 12.1 Å². The maximum Gasteiger partial charge on any atom is 0.0582 e. The van der Waals surface area contributed by atoms with Crippen LogP contribution < -0.4 is 5.32 Å². The van der Waals surface area contributed by atoms with Gasteiger partial charge < -0.3 is 15.1 Å². The van der Waals surface area contributed by atoms with Crippen LogP contribution >= 0.6 is 11.3 Å². The highest BCUT2D eigenvalue weighted by Crippen LogP contribution is 2.26. The monoisotopic (exact) mass is 253 g/mol. The van der Waals surface area contributed by atoms with Crippen LogP contribution in [0.2, 0.25) is 0 Å². The average molecular weight is 253 g/mol. The third kappa shape index (κ3) is 3.07. The Balaban J connectivity index is 2.16. The van der Waals surface area contributed by atoms with E-state index in [2.05, 4.69) is 53.8 Å². The summed E-state index contributed by atoms with van der Waals surface area (Å²) < 4.78 is 0. The Morgan fingerprint density at radius 1 is 1.41 bits per heavy atom. The molecule has 17 heavy (non-hydrogen) atoms. The third-order valence-electron chi connectivity index (χ3n) is 3.66. The third-order valence-corrected chi connectivity index (χ3v) is 4.62. The Labute approximate surface area is 108 Å². The summed E-state index contributed by atoms with van der Waals surface area (Å²) in [6.45, 7) is 3.54. The molecule has 1 aromatic rings. The first-order chi connectivity index (χ1) is 8.22. The summed E-state index contributed by atoms with van der Waals surface area (Å²) >= 11 is 1.85. The average Bonchev–Trinajstić information content (AvgIpc) is 2.76. The predicted octanol–water partition coefficient (Wildman–Crippen LogP) is 1.64. The van der Waals surface area contributed by atoms with E-state index in [4.69, 9.17) is 0 Å². The molecule has 1 N–H and O–H groups in total. The van der Waals surface area contributed by atoms with Crippen molar-refractivity contribution < 1.29 is 0 Å². The van der Waals surface area contributed by atoms with Crippen molar-refractivity contribution in [2.75, 3.05) is 40.8 Å². The highest BCUT2D eigenvalue weighted by atomic mass is 32.1. The zero-order chi connectivity index (χ0) is 12.3. The summed E-state index contributed by atoms with van der Waals surface area (Å²) in [6, 6.07) is 5.39. The lowest BCUT2D eigenvalue weighted by molar-refractivity contribution is 0.184. The van der Waals surface area contributed by atoms with Crippen LogP contribution in [0.5, 0.6) is 0 Å². The zero-order valence-corrected chi connectivity index (χ0v) is 11.8. The van der Waals surface area contributed by atoms with E-state index < -0.39 is 0 Å². The van der Waals surface area contributed by atoms with E-state index in [1.807, 2.05) is 11.3 Å². The largest absolute Gasteiger partial charge is 0.311 e. The zero-order valence-electron chi connectivity index (χ0n) is 11.0. The van der Waals surface area contributed by atoms with E-state index in [0.717, 1.165) is 6.54 Å². The van der Waals surface area contributed by atoms with E-state index in [1.54, 1.807) is 0 Å². The summed E-state index contributed by atoms with van der Waals surface area (Å²) in [5.41, 5.74) is 0. The predicted molar refractivity (Wildman–Crippen MR) is 74.7 cm³/mol. The smallest absolute Gasteiger partial charge is 0.0582 e. The molecular formula is C13H23N3S. The lowest BCUT2D eigenvalue weighted by Gasteiger charge is -2.33. The van der Waals surface area contributed by atoms with Crippen molar-refractivity contribution in [3.63, 3.8) is 0 Å². The van der Waals surface area contributed by atoms with Gasteiger partial charge in [-0.05, 0) is 52.1 Å². The first-order valence-electron chi connectivity index (χ1n) is 6.32. The van der Waals surface area contributed by atoms with Crippen LogP contribution in [0.3, 0.4) is 0 Å². The quantitative estimate of drug-likeness (QED) is 0.883. The van der Waals surface area contributed by atoms with Gasteiger partial charge in [-0.2, -0.15) is 0 Å². The summed E-state index contributed by atoms with van der Waals surface area (Å²) in [6.07, 6.45) is 1.27. The van der Waals surface area contributed by atoms with Crippen LogP contribution in [0.4, 0.5) is 0 Å². The molecule has 0 amide bonds. The van der Waals surface area contributed by atoms with Gasteiger partial charge in [-0.25, -0.2) is 0 Å². The van der Waals surface area contributed by atoms with Gasteiger partial charge in [0.25, 0.3) is 0 Å². The number of likely N-dealkylation sites (N-methyl/N-ethyl adjacent to an activating group) is 3. The SMILES string of the molecule is CNC(c1cccs1)C1CN(C)CCCN1C. The van der Waals surface area contributed by atoms with Crippen molar-refractivity contribution >= 4 is 11.3 Å². The molecule has 1 saturated heterocycles. The molecule has 1 aromatic heterocycles. The van der Waals surface area contributed by atoms with Crippen LogP contribution in [0.1, 0.15) is 17.3 Å². The van der Waals surface area contributed by atoms with Crippen molar-refractivity contribution in [1.82, 2.24) is 15.1 Å². The van der Waals surface area contributed by atoms with E-state index in [-0.39, 0.29) is 0 Å². The van der Waals surface area contributed by atoms with Gasteiger partial charge in [-0.3, -0.25) is 0 Å². The van der Waals surface area contributed by atoms with E-state index in [9.17, 15) is 0 Å². The molecule has 4 heteroatoms. The number of rotatable bonds is 3. The van der Waals surface area contributed by atoms with Crippen molar-refractivity contribution in [1.29, 1.82) is 0 Å². The van der Waals surface area contributed by atoms with Crippen LogP contribution in [0.25, 0.3) is 0 Å². The van der Waals surface area contributed by atoms with Gasteiger partial charge >= 0.3 is 0 Å². The molecule has 0 saturated carbocycles. The molecule has 0 bridgehead atoms. The maximum atomic E-state index is 3.50. The van der Waals surface area contributed by atoms with Gasteiger partial charge in [0.2, 0.25) is 0 Å². The molecule has 2 heterocycles. The molecule has 0 aromatic carbocycles. The molecule has 1 aliphatic heterocycles. The number of hydrogen-bond donors (Lipinski definition) is 1. The Kier molecular flexibility index (Phi) is 4.56. The summed E-state index contributed by atoms with van der Waals surface area (Å²) in [5.74, 6) is 0. The van der Waals surface area contributed by atoms with Crippen LogP contribution in [0.15, 0.2) is 17.5 Å². The number of nitrogens with zero attached hydrogens (tertiary/aromatic N) is 2. The van der Waals surface area contributed by atoms with Gasteiger partial charge in [-0.15, -0.1) is 11.3 Å². The second-order valence-corrected chi connectivity index (χ2v) is 5.92. The molecule has 2 unspecified atom stereocenters. The topological polar surface area (TPSA) is 18.5 Å². The second-order valence-electron chi connectivity index (χ2n) is 4.95. The molecule has 1 fully saturated rings. The summed E-state index contributed by atoms with van der Waals surface area (Å²) in [4.78, 5) is 6.40. The molecule has 3 nitrogen and oxygen atoms in total. The minimum absolute atomic E-state index is 0.445. The van der Waals surface area contributed by atoms with E-state index in [1.165, 1.54) is 24.4 Å². The fourth-order valence-electron chi connectivity index (χ4n) is 2.66. The molecule has 0 aliphatic carbocycles. The van der Waals surface area contributed by atoms with Gasteiger partial charge in [0.05, 0.1) is 6.04 Å². The Morgan fingerprint density at radius 3 is 2.88 bits per heavy atom.